The highest BCUT2D eigenvalue weighted by Crippen LogP contribution is 2.38. The summed E-state index contributed by atoms with van der Waals surface area (Å²) in [7, 11) is 0. The number of hydrogen-bond donors (Lipinski definition) is 0. The Bertz CT molecular complexity index is 783. The Hall–Kier alpha value is -2.77. The first-order valence-electron chi connectivity index (χ1n) is 8.96. The van der Waals surface area contributed by atoms with Gasteiger partial charge in [-0.25, -0.2) is 0 Å². The second-order valence-electron chi connectivity index (χ2n) is 6.57. The van der Waals surface area contributed by atoms with Gasteiger partial charge in [0.1, 0.15) is 23.8 Å². The molecule has 1 aromatic carbocycles. The van der Waals surface area contributed by atoms with Gasteiger partial charge in [-0.05, 0) is 55.0 Å². The normalized spacial score (nSPS) is 15.0. The zero-order chi connectivity index (χ0) is 18.4. The molecule has 0 N–H and O–H groups in total. The Morgan fingerprint density at radius 3 is 2.40 bits per heavy atom. The molecule has 25 heavy (non-hydrogen) atoms. The zero-order valence-corrected chi connectivity index (χ0v) is 15.3. The average molecular weight is 332 g/mol. The van der Waals surface area contributed by atoms with Gasteiger partial charge in [-0.1, -0.05) is 26.7 Å². The molecule has 1 atom stereocenters. The summed E-state index contributed by atoms with van der Waals surface area (Å²) in [5.74, 6) is 0. The van der Waals surface area contributed by atoms with Crippen LogP contribution in [0.4, 0.5) is 5.69 Å². The van der Waals surface area contributed by atoms with Crippen LogP contribution in [0.1, 0.15) is 56.2 Å². The molecule has 0 spiro atoms. The number of fused-ring (bicyclic) bond motifs is 1. The van der Waals surface area contributed by atoms with Crippen molar-refractivity contribution < 1.29 is 0 Å². The first-order chi connectivity index (χ1) is 12.1. The molecule has 0 saturated carbocycles. The zero-order valence-electron chi connectivity index (χ0n) is 15.3. The number of rotatable bonds is 6. The second kappa shape index (κ2) is 8.36. The SMILES string of the molecule is CCCCN1c2cc(C)c(C(C#N)=C(C#N)C#N)cc2CC1CCC. The van der Waals surface area contributed by atoms with Gasteiger partial charge in [-0.3, -0.25) is 0 Å². The van der Waals surface area contributed by atoms with Crippen molar-refractivity contribution in [3.05, 3.63) is 34.4 Å². The van der Waals surface area contributed by atoms with E-state index in [0.717, 1.165) is 44.2 Å². The third-order valence-corrected chi connectivity index (χ3v) is 4.86. The van der Waals surface area contributed by atoms with E-state index in [4.69, 9.17) is 10.5 Å². The van der Waals surface area contributed by atoms with Crippen LogP contribution in [0.5, 0.6) is 0 Å². The molecule has 4 nitrogen and oxygen atoms in total. The minimum atomic E-state index is -0.114. The van der Waals surface area contributed by atoms with Gasteiger partial charge >= 0.3 is 0 Å². The lowest BCUT2D eigenvalue weighted by atomic mass is 9.94. The molecular formula is C21H24N4. The lowest BCUT2D eigenvalue weighted by molar-refractivity contribution is 0.557. The van der Waals surface area contributed by atoms with E-state index in [1.165, 1.54) is 11.3 Å². The number of allylic oxidation sites excluding steroid dienone is 2. The van der Waals surface area contributed by atoms with Crippen LogP contribution in [0, 0.1) is 40.9 Å². The van der Waals surface area contributed by atoms with Crippen LogP contribution in [0.15, 0.2) is 17.7 Å². The van der Waals surface area contributed by atoms with Crippen molar-refractivity contribution in [2.75, 3.05) is 11.4 Å². The van der Waals surface area contributed by atoms with Gasteiger partial charge in [0.05, 0.1) is 5.57 Å². The van der Waals surface area contributed by atoms with Crippen molar-refractivity contribution in [3.63, 3.8) is 0 Å². The molecule has 0 amide bonds. The van der Waals surface area contributed by atoms with Crippen LogP contribution in [0.3, 0.4) is 0 Å². The van der Waals surface area contributed by atoms with Crippen molar-refractivity contribution in [1.82, 2.24) is 0 Å². The fraction of sp³-hybridized carbons (Fsp3) is 0.476. The summed E-state index contributed by atoms with van der Waals surface area (Å²) in [4.78, 5) is 2.50. The minimum absolute atomic E-state index is 0.114. The number of nitrogens with zero attached hydrogens (tertiary/aromatic N) is 4. The third kappa shape index (κ3) is 3.67. The van der Waals surface area contributed by atoms with Gasteiger partial charge in [0, 0.05) is 18.3 Å². The van der Waals surface area contributed by atoms with Crippen molar-refractivity contribution in [2.24, 2.45) is 0 Å². The minimum Gasteiger partial charge on any atom is -0.368 e. The first kappa shape index (κ1) is 18.6. The quantitative estimate of drug-likeness (QED) is 0.711. The maximum atomic E-state index is 9.47. The van der Waals surface area contributed by atoms with Gasteiger partial charge in [-0.2, -0.15) is 15.8 Å². The summed E-state index contributed by atoms with van der Waals surface area (Å²) in [5, 5.41) is 27.7. The number of unbranched alkanes of at least 4 members (excludes halogenated alkanes) is 1. The molecule has 0 bridgehead atoms. The van der Waals surface area contributed by atoms with Crippen LogP contribution in [-0.4, -0.2) is 12.6 Å². The Kier molecular flexibility index (Phi) is 6.21. The number of hydrogen-bond acceptors (Lipinski definition) is 4. The Labute approximate surface area is 150 Å². The third-order valence-electron chi connectivity index (χ3n) is 4.86. The summed E-state index contributed by atoms with van der Waals surface area (Å²) < 4.78 is 0. The molecular weight excluding hydrogens is 308 g/mol. The van der Waals surface area contributed by atoms with Gasteiger partial charge < -0.3 is 4.90 Å². The molecule has 0 saturated heterocycles. The van der Waals surface area contributed by atoms with Crippen molar-refractivity contribution in [2.45, 2.75) is 58.9 Å². The van der Waals surface area contributed by atoms with E-state index in [9.17, 15) is 5.26 Å². The highest BCUT2D eigenvalue weighted by Gasteiger charge is 2.29. The second-order valence-corrected chi connectivity index (χ2v) is 6.57. The number of anilines is 1. The fourth-order valence-electron chi connectivity index (χ4n) is 3.61. The first-order valence-corrected chi connectivity index (χ1v) is 8.96. The molecule has 0 aliphatic carbocycles. The van der Waals surface area contributed by atoms with Gasteiger partial charge in [0.25, 0.3) is 0 Å². The van der Waals surface area contributed by atoms with Crippen LogP contribution in [0.2, 0.25) is 0 Å². The molecule has 1 aliphatic rings. The maximum Gasteiger partial charge on any atom is 0.148 e. The van der Waals surface area contributed by atoms with E-state index >= 15 is 0 Å². The van der Waals surface area contributed by atoms with Crippen molar-refractivity contribution >= 4 is 11.3 Å². The Morgan fingerprint density at radius 1 is 1.12 bits per heavy atom. The predicted molar refractivity (Wildman–Crippen MR) is 99.6 cm³/mol. The van der Waals surface area contributed by atoms with E-state index in [1.807, 2.05) is 25.1 Å². The Balaban J connectivity index is 2.52. The Morgan fingerprint density at radius 2 is 1.84 bits per heavy atom. The molecule has 1 unspecified atom stereocenters. The van der Waals surface area contributed by atoms with Crippen molar-refractivity contribution in [3.8, 4) is 18.2 Å². The number of nitriles is 3. The lowest BCUT2D eigenvalue weighted by Crippen LogP contribution is -2.32. The van der Waals surface area contributed by atoms with Crippen LogP contribution in [0.25, 0.3) is 5.57 Å². The molecule has 1 aliphatic heterocycles. The molecule has 0 aromatic heterocycles. The van der Waals surface area contributed by atoms with E-state index in [1.54, 1.807) is 0 Å². The summed E-state index contributed by atoms with van der Waals surface area (Å²) >= 11 is 0. The largest absolute Gasteiger partial charge is 0.368 e. The van der Waals surface area contributed by atoms with E-state index in [-0.39, 0.29) is 11.1 Å². The fourth-order valence-corrected chi connectivity index (χ4v) is 3.61. The lowest BCUT2D eigenvalue weighted by Gasteiger charge is -2.27. The van der Waals surface area contributed by atoms with Crippen molar-refractivity contribution in [1.29, 1.82) is 15.8 Å². The van der Waals surface area contributed by atoms with Crippen LogP contribution >= 0.6 is 0 Å². The summed E-state index contributed by atoms with van der Waals surface area (Å²) in [5.41, 5.74) is 4.20. The summed E-state index contributed by atoms with van der Waals surface area (Å²) in [6.07, 6.45) is 5.58. The molecule has 128 valence electrons. The number of aryl methyl sites for hydroxylation is 1. The predicted octanol–water partition coefficient (Wildman–Crippen LogP) is 4.65. The van der Waals surface area contributed by atoms with Gasteiger partial charge in [-0.15, -0.1) is 0 Å². The molecule has 4 heteroatoms. The van der Waals surface area contributed by atoms with Crippen LogP contribution < -0.4 is 4.90 Å². The van der Waals surface area contributed by atoms with Gasteiger partial charge in [0.15, 0.2) is 0 Å². The monoisotopic (exact) mass is 332 g/mol. The molecule has 0 fully saturated rings. The topological polar surface area (TPSA) is 74.6 Å². The van der Waals surface area contributed by atoms with E-state index in [2.05, 4.69) is 30.9 Å². The number of benzene rings is 1. The van der Waals surface area contributed by atoms with Gasteiger partial charge in [0.2, 0.25) is 0 Å². The van der Waals surface area contributed by atoms with E-state index in [0.29, 0.717) is 11.6 Å². The smallest absolute Gasteiger partial charge is 0.148 e. The summed E-state index contributed by atoms with van der Waals surface area (Å²) in [6, 6.07) is 10.4. The summed E-state index contributed by atoms with van der Waals surface area (Å²) in [6.45, 7) is 7.41. The molecule has 0 radical (unpaired) electrons. The maximum absolute atomic E-state index is 9.47. The highest BCUT2D eigenvalue weighted by molar-refractivity contribution is 5.87. The molecule has 2 rings (SSSR count). The van der Waals surface area contributed by atoms with E-state index < -0.39 is 0 Å². The highest BCUT2D eigenvalue weighted by atomic mass is 15.2. The average Bonchev–Trinajstić information content (AvgIpc) is 2.94. The molecule has 1 heterocycles. The standard InChI is InChI=1S/C21H24N4/c1-4-6-8-25-18(7-5-2)10-16-11-19(15(3)9-21(16)25)20(14-24)17(12-22)13-23/h9,11,18H,4-8,10H2,1-3H3. The van der Waals surface area contributed by atoms with Crippen LogP contribution in [-0.2, 0) is 6.42 Å². The molecule has 1 aromatic rings.